The Labute approximate surface area is 116 Å². The van der Waals surface area contributed by atoms with Crippen molar-refractivity contribution in [2.24, 2.45) is 0 Å². The molecule has 98 valence electrons. The van der Waals surface area contributed by atoms with Crippen LogP contribution in [-0.2, 0) is 6.54 Å². The molecule has 0 fully saturated rings. The van der Waals surface area contributed by atoms with Gasteiger partial charge in [0.25, 0.3) is 0 Å². The minimum atomic E-state index is 0.131. The summed E-state index contributed by atoms with van der Waals surface area (Å²) in [5, 5.41) is 13.6. The van der Waals surface area contributed by atoms with Crippen LogP contribution < -0.4 is 10.1 Å². The summed E-state index contributed by atoms with van der Waals surface area (Å²) in [5.41, 5.74) is 2.14. The van der Waals surface area contributed by atoms with Crippen molar-refractivity contribution >= 4 is 11.6 Å². The number of benzene rings is 2. The fourth-order valence-corrected chi connectivity index (χ4v) is 2.45. The van der Waals surface area contributed by atoms with E-state index in [9.17, 15) is 5.11 Å². The average molecular weight is 276 g/mol. The summed E-state index contributed by atoms with van der Waals surface area (Å²) >= 11 is 6.13. The van der Waals surface area contributed by atoms with Crippen molar-refractivity contribution in [3.05, 3.63) is 58.6 Å². The molecule has 3 nitrogen and oxygen atoms in total. The maximum absolute atomic E-state index is 9.41. The predicted molar refractivity (Wildman–Crippen MR) is 74.6 cm³/mol. The molecule has 2 aromatic carbocycles. The van der Waals surface area contributed by atoms with Gasteiger partial charge in [-0.15, -0.1) is 0 Å². The van der Waals surface area contributed by atoms with Crippen molar-refractivity contribution in [2.75, 3.05) is 6.61 Å². The molecule has 1 aliphatic rings. The second kappa shape index (κ2) is 5.11. The third-order valence-corrected chi connectivity index (χ3v) is 3.64. The van der Waals surface area contributed by atoms with Crippen LogP contribution in [0.25, 0.3) is 0 Å². The zero-order valence-corrected chi connectivity index (χ0v) is 11.0. The van der Waals surface area contributed by atoms with E-state index < -0.39 is 0 Å². The molecule has 0 saturated heterocycles. The molecule has 0 aromatic heterocycles. The number of nitrogens with one attached hydrogen (secondary N) is 1. The highest BCUT2D eigenvalue weighted by Crippen LogP contribution is 2.35. The van der Waals surface area contributed by atoms with Crippen molar-refractivity contribution in [3.63, 3.8) is 0 Å². The Hall–Kier alpha value is -1.71. The first-order valence-electron chi connectivity index (χ1n) is 6.16. The first-order chi connectivity index (χ1) is 9.24. The van der Waals surface area contributed by atoms with E-state index >= 15 is 0 Å². The highest BCUT2D eigenvalue weighted by atomic mass is 35.5. The first kappa shape index (κ1) is 12.3. The molecule has 1 aliphatic heterocycles. The molecule has 1 heterocycles. The molecule has 2 aromatic rings. The largest absolute Gasteiger partial charge is 0.508 e. The van der Waals surface area contributed by atoms with Gasteiger partial charge in [0.05, 0.1) is 6.04 Å². The lowest BCUT2D eigenvalue weighted by Crippen LogP contribution is -2.22. The molecule has 19 heavy (non-hydrogen) atoms. The van der Waals surface area contributed by atoms with Crippen LogP contribution in [0.1, 0.15) is 17.2 Å². The van der Waals surface area contributed by atoms with E-state index in [0.29, 0.717) is 13.2 Å². The molecule has 0 radical (unpaired) electrons. The van der Waals surface area contributed by atoms with Crippen molar-refractivity contribution < 1.29 is 9.84 Å². The van der Waals surface area contributed by atoms with E-state index in [1.165, 1.54) is 0 Å². The smallest absolute Gasteiger partial charge is 0.127 e. The lowest BCUT2D eigenvalue weighted by atomic mass is 10.1. The van der Waals surface area contributed by atoms with Crippen LogP contribution in [0.3, 0.4) is 0 Å². The van der Waals surface area contributed by atoms with Crippen LogP contribution in [0.15, 0.2) is 42.5 Å². The maximum atomic E-state index is 9.41. The molecule has 3 rings (SSSR count). The number of hydrogen-bond acceptors (Lipinski definition) is 3. The SMILES string of the molecule is Oc1ccc2c(c1)OCC2NCc1ccccc1Cl. The minimum absolute atomic E-state index is 0.131. The zero-order chi connectivity index (χ0) is 13.2. The maximum Gasteiger partial charge on any atom is 0.127 e. The van der Waals surface area contributed by atoms with E-state index in [0.717, 1.165) is 21.9 Å². The monoisotopic (exact) mass is 275 g/mol. The quantitative estimate of drug-likeness (QED) is 0.903. The fourth-order valence-electron chi connectivity index (χ4n) is 2.24. The Balaban J connectivity index is 1.72. The lowest BCUT2D eigenvalue weighted by molar-refractivity contribution is 0.309. The molecule has 0 bridgehead atoms. The Kier molecular flexibility index (Phi) is 3.32. The van der Waals surface area contributed by atoms with Crippen LogP contribution in [0.4, 0.5) is 0 Å². The van der Waals surface area contributed by atoms with Gasteiger partial charge in [0.1, 0.15) is 18.1 Å². The summed E-state index contributed by atoms with van der Waals surface area (Å²) in [6.07, 6.45) is 0. The number of aromatic hydroxyl groups is 1. The number of halogens is 1. The number of rotatable bonds is 3. The third kappa shape index (κ3) is 2.53. The molecule has 0 aliphatic carbocycles. The van der Waals surface area contributed by atoms with E-state index in [-0.39, 0.29) is 11.8 Å². The molecule has 1 atom stereocenters. The van der Waals surface area contributed by atoms with Crippen molar-refractivity contribution in [3.8, 4) is 11.5 Å². The van der Waals surface area contributed by atoms with Gasteiger partial charge in [-0.25, -0.2) is 0 Å². The minimum Gasteiger partial charge on any atom is -0.508 e. The standard InChI is InChI=1S/C15H14ClNO2/c16-13-4-2-1-3-10(13)8-17-14-9-19-15-7-11(18)5-6-12(14)15/h1-7,14,17-18H,8-9H2. The summed E-state index contributed by atoms with van der Waals surface area (Å²) in [7, 11) is 0. The topological polar surface area (TPSA) is 41.5 Å². The Morgan fingerprint density at radius 2 is 2.11 bits per heavy atom. The van der Waals surface area contributed by atoms with Crippen LogP contribution in [0.5, 0.6) is 11.5 Å². The molecular formula is C15H14ClNO2. The number of ether oxygens (including phenoxy) is 1. The summed E-state index contributed by atoms with van der Waals surface area (Å²) in [6, 6.07) is 13.1. The summed E-state index contributed by atoms with van der Waals surface area (Å²) < 4.78 is 5.56. The molecule has 0 amide bonds. The van der Waals surface area contributed by atoms with Gasteiger partial charge < -0.3 is 15.2 Å². The second-order valence-electron chi connectivity index (χ2n) is 4.56. The number of fused-ring (bicyclic) bond motifs is 1. The highest BCUT2D eigenvalue weighted by Gasteiger charge is 2.23. The van der Waals surface area contributed by atoms with Gasteiger partial charge in [-0.05, 0) is 23.8 Å². The second-order valence-corrected chi connectivity index (χ2v) is 4.97. The number of hydrogen-bond donors (Lipinski definition) is 2. The van der Waals surface area contributed by atoms with Gasteiger partial charge >= 0.3 is 0 Å². The zero-order valence-electron chi connectivity index (χ0n) is 10.3. The van der Waals surface area contributed by atoms with Gasteiger partial charge in [-0.3, -0.25) is 0 Å². The summed E-state index contributed by atoms with van der Waals surface area (Å²) in [4.78, 5) is 0. The predicted octanol–water partition coefficient (Wildman–Crippen LogP) is 3.27. The van der Waals surface area contributed by atoms with E-state index in [1.807, 2.05) is 30.3 Å². The lowest BCUT2D eigenvalue weighted by Gasteiger charge is -2.12. The van der Waals surface area contributed by atoms with Gasteiger partial charge in [0.15, 0.2) is 0 Å². The molecule has 2 N–H and O–H groups in total. The average Bonchev–Trinajstić information content (AvgIpc) is 2.80. The van der Waals surface area contributed by atoms with Crippen molar-refractivity contribution in [1.82, 2.24) is 5.32 Å². The number of phenols is 1. The van der Waals surface area contributed by atoms with Crippen LogP contribution in [0, 0.1) is 0 Å². The van der Waals surface area contributed by atoms with Gasteiger partial charge in [-0.2, -0.15) is 0 Å². The molecule has 1 unspecified atom stereocenters. The van der Waals surface area contributed by atoms with E-state index in [4.69, 9.17) is 16.3 Å². The normalized spacial score (nSPS) is 17.0. The Morgan fingerprint density at radius 1 is 1.26 bits per heavy atom. The fraction of sp³-hybridized carbons (Fsp3) is 0.200. The molecule has 0 saturated carbocycles. The molecule has 0 spiro atoms. The van der Waals surface area contributed by atoms with Crippen molar-refractivity contribution in [1.29, 1.82) is 0 Å². The summed E-state index contributed by atoms with van der Waals surface area (Å²) in [5.74, 6) is 0.974. The van der Waals surface area contributed by atoms with Crippen molar-refractivity contribution in [2.45, 2.75) is 12.6 Å². The van der Waals surface area contributed by atoms with Gasteiger partial charge in [0, 0.05) is 23.2 Å². The van der Waals surface area contributed by atoms with E-state index in [2.05, 4.69) is 5.32 Å². The van der Waals surface area contributed by atoms with Gasteiger partial charge in [0.2, 0.25) is 0 Å². The Morgan fingerprint density at radius 3 is 2.95 bits per heavy atom. The molecular weight excluding hydrogens is 262 g/mol. The van der Waals surface area contributed by atoms with Crippen LogP contribution in [-0.4, -0.2) is 11.7 Å². The first-order valence-corrected chi connectivity index (χ1v) is 6.54. The third-order valence-electron chi connectivity index (χ3n) is 3.27. The summed E-state index contributed by atoms with van der Waals surface area (Å²) in [6.45, 7) is 1.26. The molecule has 4 heteroatoms. The van der Waals surface area contributed by atoms with E-state index in [1.54, 1.807) is 12.1 Å². The Bertz CT molecular complexity index is 600. The van der Waals surface area contributed by atoms with Crippen LogP contribution >= 0.6 is 11.6 Å². The number of phenolic OH excluding ortho intramolecular Hbond substituents is 1. The highest BCUT2D eigenvalue weighted by molar-refractivity contribution is 6.31. The van der Waals surface area contributed by atoms with Crippen LogP contribution in [0.2, 0.25) is 5.02 Å². The van der Waals surface area contributed by atoms with Gasteiger partial charge in [-0.1, -0.05) is 29.8 Å².